The number of nitrogens with zero attached hydrogens (tertiary/aromatic N) is 1. The van der Waals surface area contributed by atoms with E-state index in [1.165, 1.54) is 12.1 Å². The largest absolute Gasteiger partial charge is 0.507 e. The predicted octanol–water partition coefficient (Wildman–Crippen LogP) is 4.72. The fraction of sp³-hybridized carbons (Fsp3) is 0.400. The molecular weight excluding hydrogens is 395 g/mol. The van der Waals surface area contributed by atoms with Gasteiger partial charge in [0, 0.05) is 36.2 Å². The van der Waals surface area contributed by atoms with Crippen molar-refractivity contribution in [1.82, 2.24) is 10.2 Å². The number of rotatable bonds is 5. The summed E-state index contributed by atoms with van der Waals surface area (Å²) in [6, 6.07) is 4.87. The summed E-state index contributed by atoms with van der Waals surface area (Å²) in [4.78, 5) is 14.4. The Bertz CT molecular complexity index is 936. The number of aromatic hydroxyl groups is 1. The summed E-state index contributed by atoms with van der Waals surface area (Å²) < 4.78 is 20.0. The van der Waals surface area contributed by atoms with Gasteiger partial charge in [-0.3, -0.25) is 4.79 Å². The average Bonchev–Trinajstić information content (AvgIpc) is 2.96. The van der Waals surface area contributed by atoms with Crippen molar-refractivity contribution in [2.75, 3.05) is 26.2 Å². The molecule has 1 aromatic rings. The minimum absolute atomic E-state index is 0.0452. The molecule has 166 valence electrons. The van der Waals surface area contributed by atoms with Crippen LogP contribution in [0.4, 0.5) is 4.39 Å². The Morgan fingerprint density at radius 3 is 2.71 bits per heavy atom. The number of allylic oxidation sites excluding steroid dienone is 3. The molecule has 1 amide bonds. The number of hydrogen-bond acceptors (Lipinski definition) is 4. The van der Waals surface area contributed by atoms with Crippen LogP contribution in [0, 0.1) is 0 Å². The quantitative estimate of drug-likeness (QED) is 0.715. The lowest BCUT2D eigenvalue weighted by Gasteiger charge is -2.37. The standard InChI is InChI=1S/C25H31FN2O3/c1-5-28(6-2)24(30)19-8-9-20(23(29)15-19)22-16-25(10-7-12-27-13-11-25)31-18(4)21(22)14-17(3)26/h8-9,14-16,27,29H,3-7,10-13H2,1-2H3/b21-14+. The van der Waals surface area contributed by atoms with Crippen molar-refractivity contribution in [3.63, 3.8) is 0 Å². The van der Waals surface area contributed by atoms with E-state index in [1.54, 1.807) is 17.0 Å². The van der Waals surface area contributed by atoms with Gasteiger partial charge in [0.2, 0.25) is 0 Å². The molecule has 0 saturated carbocycles. The van der Waals surface area contributed by atoms with Gasteiger partial charge in [0.25, 0.3) is 5.91 Å². The van der Waals surface area contributed by atoms with E-state index < -0.39 is 11.4 Å². The molecule has 2 heterocycles. The van der Waals surface area contributed by atoms with Crippen LogP contribution in [0.15, 0.2) is 60.7 Å². The highest BCUT2D eigenvalue weighted by atomic mass is 19.1. The highest BCUT2D eigenvalue weighted by Gasteiger charge is 2.37. The summed E-state index contributed by atoms with van der Waals surface area (Å²) in [7, 11) is 0. The van der Waals surface area contributed by atoms with E-state index in [4.69, 9.17) is 4.74 Å². The highest BCUT2D eigenvalue weighted by molar-refractivity contribution is 5.96. The Kier molecular flexibility index (Phi) is 7.01. The van der Waals surface area contributed by atoms with Crippen LogP contribution in [0.2, 0.25) is 0 Å². The van der Waals surface area contributed by atoms with Gasteiger partial charge in [0.05, 0.1) is 0 Å². The molecule has 1 unspecified atom stereocenters. The van der Waals surface area contributed by atoms with Crippen molar-refractivity contribution in [2.45, 2.75) is 38.7 Å². The van der Waals surface area contributed by atoms with Crippen LogP contribution < -0.4 is 5.32 Å². The summed E-state index contributed by atoms with van der Waals surface area (Å²) in [5, 5.41) is 14.2. The molecule has 1 fully saturated rings. The number of benzene rings is 1. The van der Waals surface area contributed by atoms with E-state index in [0.717, 1.165) is 32.4 Å². The van der Waals surface area contributed by atoms with Gasteiger partial charge in [-0.05, 0) is 75.7 Å². The third kappa shape index (κ3) is 4.90. The average molecular weight is 427 g/mol. The fourth-order valence-electron chi connectivity index (χ4n) is 4.25. The Hall–Kier alpha value is -2.86. The zero-order valence-electron chi connectivity index (χ0n) is 18.3. The van der Waals surface area contributed by atoms with Crippen molar-refractivity contribution >= 4 is 11.5 Å². The first-order chi connectivity index (χ1) is 14.8. The lowest BCUT2D eigenvalue weighted by atomic mass is 9.83. The first-order valence-electron chi connectivity index (χ1n) is 10.8. The zero-order valence-corrected chi connectivity index (χ0v) is 18.3. The Labute approximate surface area is 183 Å². The van der Waals surface area contributed by atoms with Crippen molar-refractivity contribution in [2.24, 2.45) is 0 Å². The van der Waals surface area contributed by atoms with E-state index in [-0.39, 0.29) is 11.7 Å². The van der Waals surface area contributed by atoms with Crippen LogP contribution in [-0.4, -0.2) is 47.7 Å². The SMILES string of the molecule is C=C(F)/C=C1\C(=C)OC2(C=C1c1ccc(C(=O)N(CC)CC)cc1O)CCCNCC2. The van der Waals surface area contributed by atoms with Crippen molar-refractivity contribution in [1.29, 1.82) is 0 Å². The molecule has 3 rings (SSSR count). The van der Waals surface area contributed by atoms with Gasteiger partial charge in [-0.1, -0.05) is 13.2 Å². The molecule has 2 N–H and O–H groups in total. The number of nitrogens with one attached hydrogen (secondary N) is 1. The van der Waals surface area contributed by atoms with E-state index in [0.29, 0.717) is 41.1 Å². The monoisotopic (exact) mass is 426 g/mol. The van der Waals surface area contributed by atoms with Crippen LogP contribution in [0.1, 0.15) is 49.0 Å². The second kappa shape index (κ2) is 9.52. The Balaban J connectivity index is 2.09. The predicted molar refractivity (Wildman–Crippen MR) is 121 cm³/mol. The normalized spacial score (nSPS) is 22.6. The number of carbonyl (C=O) groups excluding carboxylic acids is 1. The molecule has 6 heteroatoms. The molecular formula is C25H31FN2O3. The van der Waals surface area contributed by atoms with E-state index in [9.17, 15) is 14.3 Å². The molecule has 1 spiro atoms. The molecule has 1 saturated heterocycles. The van der Waals surface area contributed by atoms with Gasteiger partial charge in [-0.2, -0.15) is 0 Å². The third-order valence-corrected chi connectivity index (χ3v) is 5.89. The molecule has 0 aromatic heterocycles. The number of halogens is 1. The number of phenols is 1. The van der Waals surface area contributed by atoms with Crippen LogP contribution in [0.3, 0.4) is 0 Å². The van der Waals surface area contributed by atoms with Gasteiger partial charge in [-0.25, -0.2) is 4.39 Å². The fourth-order valence-corrected chi connectivity index (χ4v) is 4.25. The van der Waals surface area contributed by atoms with E-state index >= 15 is 0 Å². The third-order valence-electron chi connectivity index (χ3n) is 5.89. The number of amides is 1. The Morgan fingerprint density at radius 2 is 2.06 bits per heavy atom. The highest BCUT2D eigenvalue weighted by Crippen LogP contribution is 2.45. The van der Waals surface area contributed by atoms with Crippen molar-refractivity contribution in [3.05, 3.63) is 71.8 Å². The molecule has 0 aliphatic carbocycles. The van der Waals surface area contributed by atoms with Gasteiger partial charge in [0.1, 0.15) is 22.9 Å². The van der Waals surface area contributed by atoms with Crippen LogP contribution in [-0.2, 0) is 4.74 Å². The molecule has 31 heavy (non-hydrogen) atoms. The second-order valence-corrected chi connectivity index (χ2v) is 7.97. The number of ether oxygens (including phenoxy) is 1. The van der Waals surface area contributed by atoms with Gasteiger partial charge in [-0.15, -0.1) is 0 Å². The summed E-state index contributed by atoms with van der Waals surface area (Å²) in [6.45, 7) is 14.0. The van der Waals surface area contributed by atoms with Crippen molar-refractivity contribution < 1.29 is 19.0 Å². The number of carbonyl (C=O) groups is 1. The van der Waals surface area contributed by atoms with E-state index in [2.05, 4.69) is 18.5 Å². The van der Waals surface area contributed by atoms with E-state index in [1.807, 2.05) is 19.9 Å². The molecule has 2 aliphatic heterocycles. The molecule has 2 aliphatic rings. The van der Waals surface area contributed by atoms with Crippen LogP contribution in [0.25, 0.3) is 5.57 Å². The zero-order chi connectivity index (χ0) is 22.6. The lowest BCUT2D eigenvalue weighted by molar-refractivity contribution is 0.0367. The van der Waals surface area contributed by atoms with Gasteiger partial charge >= 0.3 is 0 Å². The van der Waals surface area contributed by atoms with Crippen molar-refractivity contribution in [3.8, 4) is 5.75 Å². The summed E-state index contributed by atoms with van der Waals surface area (Å²) >= 11 is 0. The molecule has 0 radical (unpaired) electrons. The van der Waals surface area contributed by atoms with Crippen LogP contribution >= 0.6 is 0 Å². The number of phenolic OH excluding ortho intramolecular Hbond substituents is 1. The molecule has 1 atom stereocenters. The molecule has 1 aromatic carbocycles. The van der Waals surface area contributed by atoms with Crippen LogP contribution in [0.5, 0.6) is 5.75 Å². The minimum atomic E-state index is -0.628. The first-order valence-corrected chi connectivity index (χ1v) is 10.8. The molecule has 0 bridgehead atoms. The summed E-state index contributed by atoms with van der Waals surface area (Å²) in [5.74, 6) is -0.467. The lowest BCUT2D eigenvalue weighted by Crippen LogP contribution is -2.34. The summed E-state index contributed by atoms with van der Waals surface area (Å²) in [5.41, 5.74) is 1.41. The molecule has 5 nitrogen and oxygen atoms in total. The maximum atomic E-state index is 13.8. The maximum Gasteiger partial charge on any atom is 0.253 e. The summed E-state index contributed by atoms with van der Waals surface area (Å²) in [6.07, 6.45) is 5.67. The minimum Gasteiger partial charge on any atom is -0.507 e. The smallest absolute Gasteiger partial charge is 0.253 e. The Morgan fingerprint density at radius 1 is 1.32 bits per heavy atom. The topological polar surface area (TPSA) is 61.8 Å². The van der Waals surface area contributed by atoms with Gasteiger partial charge in [0.15, 0.2) is 0 Å². The first kappa shape index (κ1) is 22.8. The second-order valence-electron chi connectivity index (χ2n) is 7.97. The van der Waals surface area contributed by atoms with Gasteiger partial charge < -0.3 is 20.1 Å². The maximum absolute atomic E-state index is 13.8. The number of hydrogen-bond donors (Lipinski definition) is 2.